The van der Waals surface area contributed by atoms with E-state index in [1.165, 1.54) is 0 Å². The highest BCUT2D eigenvalue weighted by Gasteiger charge is 2.21. The summed E-state index contributed by atoms with van der Waals surface area (Å²) >= 11 is 5.58. The van der Waals surface area contributed by atoms with Crippen molar-refractivity contribution in [2.24, 2.45) is 0 Å². The predicted molar refractivity (Wildman–Crippen MR) is 69.6 cm³/mol. The lowest BCUT2D eigenvalue weighted by Gasteiger charge is -2.07. The maximum Gasteiger partial charge on any atom is 0.348 e. The SMILES string of the molecule is CCNS(=O)(=O)CCNc1ncnc(Cl)c1[N+](=O)[O-]. The van der Waals surface area contributed by atoms with Crippen molar-refractivity contribution in [2.45, 2.75) is 6.92 Å². The van der Waals surface area contributed by atoms with Crippen molar-refractivity contribution in [3.8, 4) is 0 Å². The summed E-state index contributed by atoms with van der Waals surface area (Å²) in [5, 5.41) is 13.0. The van der Waals surface area contributed by atoms with Gasteiger partial charge in [-0.05, 0) is 0 Å². The van der Waals surface area contributed by atoms with Gasteiger partial charge in [-0.2, -0.15) is 0 Å². The first-order valence-electron chi connectivity index (χ1n) is 5.23. The summed E-state index contributed by atoms with van der Waals surface area (Å²) in [6.45, 7) is 1.89. The summed E-state index contributed by atoms with van der Waals surface area (Å²) < 4.78 is 25.0. The van der Waals surface area contributed by atoms with Gasteiger partial charge >= 0.3 is 5.69 Å². The van der Waals surface area contributed by atoms with Gasteiger partial charge < -0.3 is 5.32 Å². The first kappa shape index (κ1) is 15.5. The number of nitrogens with zero attached hydrogens (tertiary/aromatic N) is 3. The Bertz CT molecular complexity index is 564. The molecular formula is C8H12ClN5O4S. The lowest BCUT2D eigenvalue weighted by atomic mass is 10.5. The van der Waals surface area contributed by atoms with E-state index in [1.807, 2.05) is 0 Å². The Hall–Kier alpha value is -1.52. The molecule has 0 radical (unpaired) electrons. The highest BCUT2D eigenvalue weighted by atomic mass is 35.5. The zero-order valence-corrected chi connectivity index (χ0v) is 11.5. The van der Waals surface area contributed by atoms with Gasteiger partial charge in [0.2, 0.25) is 21.0 Å². The van der Waals surface area contributed by atoms with Gasteiger partial charge in [0.05, 0.1) is 10.7 Å². The number of aromatic nitrogens is 2. The number of nitrogens with one attached hydrogen (secondary N) is 2. The van der Waals surface area contributed by atoms with Gasteiger partial charge in [0.15, 0.2) is 0 Å². The Morgan fingerprint density at radius 2 is 2.16 bits per heavy atom. The molecule has 1 heterocycles. The van der Waals surface area contributed by atoms with Crippen LogP contribution in [-0.4, -0.2) is 42.2 Å². The lowest BCUT2D eigenvalue weighted by molar-refractivity contribution is -0.384. The predicted octanol–water partition coefficient (Wildman–Crippen LogP) is 0.389. The van der Waals surface area contributed by atoms with Gasteiger partial charge in [-0.25, -0.2) is 23.1 Å². The largest absolute Gasteiger partial charge is 0.363 e. The Kier molecular flexibility index (Phi) is 5.39. The van der Waals surface area contributed by atoms with E-state index in [-0.39, 0.29) is 29.8 Å². The van der Waals surface area contributed by atoms with Crippen molar-refractivity contribution in [1.29, 1.82) is 0 Å². The lowest BCUT2D eigenvalue weighted by Crippen LogP contribution is -2.29. The molecule has 0 aliphatic heterocycles. The molecule has 0 saturated heterocycles. The van der Waals surface area contributed by atoms with Crippen molar-refractivity contribution in [1.82, 2.24) is 14.7 Å². The average Bonchev–Trinajstić information content (AvgIpc) is 2.28. The number of sulfonamides is 1. The average molecular weight is 310 g/mol. The smallest absolute Gasteiger partial charge is 0.348 e. The molecule has 106 valence electrons. The van der Waals surface area contributed by atoms with Crippen molar-refractivity contribution in [3.63, 3.8) is 0 Å². The molecule has 0 amide bonds. The zero-order valence-electron chi connectivity index (χ0n) is 9.96. The Labute approximate surface area is 114 Å². The van der Waals surface area contributed by atoms with Crippen LogP contribution in [0, 0.1) is 10.1 Å². The molecule has 0 fully saturated rings. The van der Waals surface area contributed by atoms with Crippen LogP contribution in [0.15, 0.2) is 6.33 Å². The number of nitro groups is 1. The Morgan fingerprint density at radius 3 is 2.74 bits per heavy atom. The van der Waals surface area contributed by atoms with Crippen LogP contribution < -0.4 is 10.0 Å². The minimum Gasteiger partial charge on any atom is -0.363 e. The maximum atomic E-state index is 11.4. The molecule has 1 aromatic heterocycles. The van der Waals surface area contributed by atoms with Crippen LogP contribution in [0.5, 0.6) is 0 Å². The second kappa shape index (κ2) is 6.59. The third kappa shape index (κ3) is 4.58. The molecule has 0 aromatic carbocycles. The van der Waals surface area contributed by atoms with Gasteiger partial charge in [-0.3, -0.25) is 10.1 Å². The van der Waals surface area contributed by atoms with Crippen LogP contribution in [0.1, 0.15) is 6.92 Å². The molecule has 0 bridgehead atoms. The molecule has 0 spiro atoms. The van der Waals surface area contributed by atoms with Gasteiger partial charge in [0.1, 0.15) is 6.33 Å². The van der Waals surface area contributed by atoms with Crippen LogP contribution >= 0.6 is 11.6 Å². The summed E-state index contributed by atoms with van der Waals surface area (Å²) in [5.41, 5.74) is -0.481. The molecule has 0 atom stereocenters. The molecule has 19 heavy (non-hydrogen) atoms. The number of halogens is 1. The molecule has 0 unspecified atom stereocenters. The minimum absolute atomic E-state index is 0.0382. The van der Waals surface area contributed by atoms with E-state index in [4.69, 9.17) is 11.6 Å². The molecule has 0 saturated carbocycles. The fraction of sp³-hybridized carbons (Fsp3) is 0.500. The number of rotatable bonds is 7. The normalized spacial score (nSPS) is 11.3. The van der Waals surface area contributed by atoms with Gasteiger partial charge in [-0.1, -0.05) is 18.5 Å². The third-order valence-electron chi connectivity index (χ3n) is 1.99. The molecule has 1 aromatic rings. The second-order valence-corrected chi connectivity index (χ2v) is 5.65. The van der Waals surface area contributed by atoms with Crippen LogP contribution in [0.3, 0.4) is 0 Å². The zero-order chi connectivity index (χ0) is 14.5. The summed E-state index contributed by atoms with van der Waals surface area (Å²) in [7, 11) is -3.40. The van der Waals surface area contributed by atoms with E-state index in [2.05, 4.69) is 20.0 Å². The summed E-state index contributed by atoms with van der Waals surface area (Å²) in [4.78, 5) is 17.2. The molecule has 2 N–H and O–H groups in total. The van der Waals surface area contributed by atoms with E-state index < -0.39 is 20.6 Å². The van der Waals surface area contributed by atoms with E-state index in [9.17, 15) is 18.5 Å². The van der Waals surface area contributed by atoms with Crippen molar-refractivity contribution in [2.75, 3.05) is 24.2 Å². The van der Waals surface area contributed by atoms with E-state index >= 15 is 0 Å². The molecular weight excluding hydrogens is 298 g/mol. The van der Waals surface area contributed by atoms with Crippen molar-refractivity contribution >= 4 is 33.1 Å². The van der Waals surface area contributed by atoms with Gasteiger partial charge in [0, 0.05) is 13.1 Å². The molecule has 0 aliphatic rings. The fourth-order valence-corrected chi connectivity index (χ4v) is 2.40. The first-order valence-corrected chi connectivity index (χ1v) is 7.26. The summed E-state index contributed by atoms with van der Waals surface area (Å²) in [6.07, 6.45) is 1.05. The van der Waals surface area contributed by atoms with Crippen LogP contribution in [-0.2, 0) is 10.0 Å². The van der Waals surface area contributed by atoms with Gasteiger partial charge in [0.25, 0.3) is 0 Å². The van der Waals surface area contributed by atoms with E-state index in [0.29, 0.717) is 0 Å². The highest BCUT2D eigenvalue weighted by Crippen LogP contribution is 2.27. The van der Waals surface area contributed by atoms with Crippen LogP contribution in [0.2, 0.25) is 5.15 Å². The Balaban J connectivity index is 2.74. The standard InChI is InChI=1S/C8H12ClN5O4S/c1-2-13-19(17,18)4-3-10-8-6(14(15)16)7(9)11-5-12-8/h5,13H,2-4H2,1H3,(H,10,11,12). The Morgan fingerprint density at radius 1 is 1.47 bits per heavy atom. The minimum atomic E-state index is -3.40. The summed E-state index contributed by atoms with van der Waals surface area (Å²) in [5.74, 6) is -0.351. The van der Waals surface area contributed by atoms with Crippen LogP contribution in [0.25, 0.3) is 0 Å². The van der Waals surface area contributed by atoms with Crippen LogP contribution in [0.4, 0.5) is 11.5 Å². The molecule has 1 rings (SSSR count). The molecule has 0 aliphatic carbocycles. The van der Waals surface area contributed by atoms with E-state index in [1.54, 1.807) is 6.92 Å². The summed E-state index contributed by atoms with van der Waals surface area (Å²) in [6, 6.07) is 0. The van der Waals surface area contributed by atoms with Gasteiger partial charge in [-0.15, -0.1) is 0 Å². The van der Waals surface area contributed by atoms with Crippen molar-refractivity contribution < 1.29 is 13.3 Å². The third-order valence-corrected chi connectivity index (χ3v) is 3.73. The van der Waals surface area contributed by atoms with E-state index in [0.717, 1.165) is 6.33 Å². The maximum absolute atomic E-state index is 11.4. The number of hydrogen-bond acceptors (Lipinski definition) is 7. The van der Waals surface area contributed by atoms with Crippen molar-refractivity contribution in [3.05, 3.63) is 21.6 Å². The highest BCUT2D eigenvalue weighted by molar-refractivity contribution is 7.89. The monoisotopic (exact) mass is 309 g/mol. The number of hydrogen-bond donors (Lipinski definition) is 2. The topological polar surface area (TPSA) is 127 Å². The molecule has 9 nitrogen and oxygen atoms in total. The fourth-order valence-electron chi connectivity index (χ4n) is 1.24. The first-order chi connectivity index (χ1) is 8.87. The molecule has 11 heteroatoms. The number of anilines is 1. The quantitative estimate of drug-likeness (QED) is 0.423. The second-order valence-electron chi connectivity index (χ2n) is 3.36.